The van der Waals surface area contributed by atoms with Crippen LogP contribution in [0.2, 0.25) is 0 Å². The van der Waals surface area contributed by atoms with Gasteiger partial charge in [0.2, 0.25) is 11.7 Å². The van der Waals surface area contributed by atoms with Crippen LogP contribution in [-0.4, -0.2) is 31.0 Å². The van der Waals surface area contributed by atoms with Gasteiger partial charge in [-0.2, -0.15) is 0 Å². The van der Waals surface area contributed by atoms with E-state index in [0.29, 0.717) is 22.4 Å². The summed E-state index contributed by atoms with van der Waals surface area (Å²) in [5, 5.41) is 3.35. The minimum Gasteiger partial charge on any atom is -0.449 e. The number of ether oxygens (including phenoxy) is 2. The third kappa shape index (κ3) is 4.44. The Morgan fingerprint density at radius 1 is 1.10 bits per heavy atom. The number of primary amides is 1. The Bertz CT molecular complexity index is 1050. The van der Waals surface area contributed by atoms with Crippen LogP contribution in [0, 0.1) is 0 Å². The summed E-state index contributed by atoms with van der Waals surface area (Å²) < 4.78 is 16.1. The average molecular weight is 396 g/mol. The number of anilines is 1. The molecule has 0 spiro atoms. The first-order valence-electron chi connectivity index (χ1n) is 8.81. The SMILES string of the molecule is COCc1c(C(=O)OC(C)C(=O)Nc2ccc(C(N)=O)cc2)oc2ccccc12. The summed E-state index contributed by atoms with van der Waals surface area (Å²) in [6.45, 7) is 1.61. The Balaban J connectivity index is 1.71. The summed E-state index contributed by atoms with van der Waals surface area (Å²) >= 11 is 0. The Morgan fingerprint density at radius 2 is 1.79 bits per heavy atom. The second-order valence-electron chi connectivity index (χ2n) is 6.32. The van der Waals surface area contributed by atoms with Crippen LogP contribution in [0.25, 0.3) is 11.0 Å². The zero-order valence-corrected chi connectivity index (χ0v) is 15.9. The van der Waals surface area contributed by atoms with Gasteiger partial charge < -0.3 is 24.9 Å². The van der Waals surface area contributed by atoms with Crippen molar-refractivity contribution >= 4 is 34.4 Å². The van der Waals surface area contributed by atoms with Gasteiger partial charge >= 0.3 is 5.97 Å². The molecular formula is C21H20N2O6. The second-order valence-corrected chi connectivity index (χ2v) is 6.32. The third-order valence-corrected chi connectivity index (χ3v) is 4.26. The number of esters is 1. The van der Waals surface area contributed by atoms with Crippen LogP contribution in [0.5, 0.6) is 0 Å². The lowest BCUT2D eigenvalue weighted by Crippen LogP contribution is -2.30. The van der Waals surface area contributed by atoms with Gasteiger partial charge in [-0.3, -0.25) is 9.59 Å². The molecule has 0 saturated carbocycles. The van der Waals surface area contributed by atoms with E-state index in [1.165, 1.54) is 38.3 Å². The third-order valence-electron chi connectivity index (χ3n) is 4.26. The number of nitrogens with two attached hydrogens (primary N) is 1. The van der Waals surface area contributed by atoms with Gasteiger partial charge in [-0.15, -0.1) is 0 Å². The molecule has 29 heavy (non-hydrogen) atoms. The van der Waals surface area contributed by atoms with Gasteiger partial charge in [0.15, 0.2) is 6.10 Å². The van der Waals surface area contributed by atoms with Crippen LogP contribution in [0.3, 0.4) is 0 Å². The normalized spacial score (nSPS) is 11.8. The summed E-state index contributed by atoms with van der Waals surface area (Å²) in [5.41, 5.74) is 7.02. The molecule has 0 saturated heterocycles. The number of amides is 2. The molecule has 1 aromatic heterocycles. The fraction of sp³-hybridized carbons (Fsp3) is 0.190. The van der Waals surface area contributed by atoms with Crippen molar-refractivity contribution in [2.45, 2.75) is 19.6 Å². The zero-order chi connectivity index (χ0) is 21.0. The molecule has 150 valence electrons. The number of hydrogen-bond acceptors (Lipinski definition) is 6. The summed E-state index contributed by atoms with van der Waals surface area (Å²) in [7, 11) is 1.51. The molecule has 2 aromatic carbocycles. The largest absolute Gasteiger partial charge is 0.449 e. The molecule has 1 heterocycles. The summed E-state index contributed by atoms with van der Waals surface area (Å²) in [5.74, 6) is -1.86. The maximum atomic E-state index is 12.6. The van der Waals surface area contributed by atoms with E-state index in [0.717, 1.165) is 5.39 Å². The molecule has 3 aromatic rings. The number of para-hydroxylation sites is 1. The van der Waals surface area contributed by atoms with Crippen LogP contribution in [0.4, 0.5) is 5.69 Å². The molecule has 1 unspecified atom stereocenters. The van der Waals surface area contributed by atoms with Crippen molar-refractivity contribution in [1.82, 2.24) is 0 Å². The lowest BCUT2D eigenvalue weighted by Gasteiger charge is -2.13. The van der Waals surface area contributed by atoms with Gasteiger partial charge in [-0.1, -0.05) is 18.2 Å². The molecule has 0 aliphatic carbocycles. The standard InChI is InChI=1S/C21H20N2O6/c1-12(20(25)23-14-9-7-13(8-10-14)19(22)24)28-21(26)18-16(11-27-2)15-5-3-4-6-17(15)29-18/h3-10,12H,11H2,1-2H3,(H2,22,24)(H,23,25). The number of carbonyl (C=O) groups excluding carboxylic acids is 3. The van der Waals surface area contributed by atoms with Gasteiger partial charge in [0.1, 0.15) is 5.58 Å². The molecule has 0 bridgehead atoms. The van der Waals surface area contributed by atoms with E-state index >= 15 is 0 Å². The first-order valence-corrected chi connectivity index (χ1v) is 8.81. The van der Waals surface area contributed by atoms with E-state index < -0.39 is 23.9 Å². The lowest BCUT2D eigenvalue weighted by atomic mass is 10.1. The van der Waals surface area contributed by atoms with E-state index in [-0.39, 0.29) is 12.4 Å². The van der Waals surface area contributed by atoms with E-state index in [1.54, 1.807) is 12.1 Å². The monoisotopic (exact) mass is 396 g/mol. The molecule has 2 amide bonds. The lowest BCUT2D eigenvalue weighted by molar-refractivity contribution is -0.123. The van der Waals surface area contributed by atoms with Gasteiger partial charge in [-0.05, 0) is 37.3 Å². The number of furan rings is 1. The zero-order valence-electron chi connectivity index (χ0n) is 15.9. The van der Waals surface area contributed by atoms with Crippen LogP contribution in [0.1, 0.15) is 33.4 Å². The highest BCUT2D eigenvalue weighted by Crippen LogP contribution is 2.27. The topological polar surface area (TPSA) is 121 Å². The predicted octanol–water partition coefficient (Wildman–Crippen LogP) is 2.86. The van der Waals surface area contributed by atoms with Crippen molar-refractivity contribution in [3.63, 3.8) is 0 Å². The summed E-state index contributed by atoms with van der Waals surface area (Å²) in [4.78, 5) is 36.0. The van der Waals surface area contributed by atoms with Crippen LogP contribution < -0.4 is 11.1 Å². The van der Waals surface area contributed by atoms with Crippen molar-refractivity contribution in [1.29, 1.82) is 0 Å². The van der Waals surface area contributed by atoms with Crippen molar-refractivity contribution in [3.8, 4) is 0 Å². The molecular weight excluding hydrogens is 376 g/mol. The molecule has 0 radical (unpaired) electrons. The Hall–Kier alpha value is -3.65. The van der Waals surface area contributed by atoms with Crippen LogP contribution >= 0.6 is 0 Å². The van der Waals surface area contributed by atoms with Gasteiger partial charge in [0.25, 0.3) is 5.91 Å². The second kappa shape index (κ2) is 8.57. The Labute approximate surface area is 166 Å². The van der Waals surface area contributed by atoms with Crippen molar-refractivity contribution < 1.29 is 28.3 Å². The van der Waals surface area contributed by atoms with Gasteiger partial charge in [0, 0.05) is 29.3 Å². The van der Waals surface area contributed by atoms with Crippen molar-refractivity contribution in [2.75, 3.05) is 12.4 Å². The van der Waals surface area contributed by atoms with E-state index in [1.807, 2.05) is 12.1 Å². The first kappa shape index (κ1) is 20.1. The van der Waals surface area contributed by atoms with Gasteiger partial charge in [0.05, 0.1) is 6.61 Å². The minimum absolute atomic E-state index is 0.00138. The average Bonchev–Trinajstić information content (AvgIpc) is 3.07. The molecule has 3 rings (SSSR count). The Morgan fingerprint density at radius 3 is 2.45 bits per heavy atom. The summed E-state index contributed by atoms with van der Waals surface area (Å²) in [6.07, 6.45) is -1.08. The summed E-state index contributed by atoms with van der Waals surface area (Å²) in [6, 6.07) is 13.2. The highest BCUT2D eigenvalue weighted by atomic mass is 16.6. The number of nitrogens with one attached hydrogen (secondary N) is 1. The fourth-order valence-electron chi connectivity index (χ4n) is 2.78. The smallest absolute Gasteiger partial charge is 0.375 e. The molecule has 3 N–H and O–H groups in total. The first-order chi connectivity index (χ1) is 13.9. The number of fused-ring (bicyclic) bond motifs is 1. The molecule has 8 nitrogen and oxygen atoms in total. The van der Waals surface area contributed by atoms with Crippen molar-refractivity contribution in [3.05, 3.63) is 65.4 Å². The maximum Gasteiger partial charge on any atom is 0.375 e. The highest BCUT2D eigenvalue weighted by molar-refractivity contribution is 6.00. The molecule has 8 heteroatoms. The molecule has 0 aliphatic heterocycles. The van der Waals surface area contributed by atoms with E-state index in [4.69, 9.17) is 19.6 Å². The molecule has 0 aliphatic rings. The number of benzene rings is 2. The van der Waals surface area contributed by atoms with Crippen LogP contribution in [-0.2, 0) is 20.9 Å². The molecule has 0 fully saturated rings. The number of carbonyl (C=O) groups is 3. The Kier molecular flexibility index (Phi) is 5.94. The van der Waals surface area contributed by atoms with E-state index in [2.05, 4.69) is 5.32 Å². The highest BCUT2D eigenvalue weighted by Gasteiger charge is 2.25. The predicted molar refractivity (Wildman–Crippen MR) is 105 cm³/mol. The minimum atomic E-state index is -1.08. The molecule has 1 atom stereocenters. The number of methoxy groups -OCH3 is 1. The number of rotatable bonds is 7. The fourth-order valence-corrected chi connectivity index (χ4v) is 2.78. The van der Waals surface area contributed by atoms with Crippen LogP contribution in [0.15, 0.2) is 52.9 Å². The number of hydrogen-bond donors (Lipinski definition) is 2. The van der Waals surface area contributed by atoms with Crippen molar-refractivity contribution in [2.24, 2.45) is 5.73 Å². The maximum absolute atomic E-state index is 12.6. The van der Waals surface area contributed by atoms with Gasteiger partial charge in [-0.25, -0.2) is 4.79 Å². The van der Waals surface area contributed by atoms with E-state index in [9.17, 15) is 14.4 Å². The quantitative estimate of drug-likeness (QED) is 0.593.